The van der Waals surface area contributed by atoms with Crippen LogP contribution in [-0.2, 0) is 14.8 Å². The highest BCUT2D eigenvalue weighted by molar-refractivity contribution is 7.92. The lowest BCUT2D eigenvalue weighted by molar-refractivity contribution is -0.132. The molecule has 0 aliphatic carbocycles. The summed E-state index contributed by atoms with van der Waals surface area (Å²) in [5.74, 6) is -2.04. The van der Waals surface area contributed by atoms with Gasteiger partial charge in [-0.05, 0) is 44.2 Å². The molecule has 0 bridgehead atoms. The fourth-order valence-electron chi connectivity index (χ4n) is 2.39. The molecule has 0 aliphatic heterocycles. The van der Waals surface area contributed by atoms with Gasteiger partial charge >= 0.3 is 0 Å². The lowest BCUT2D eigenvalue weighted by atomic mass is 10.3. The van der Waals surface area contributed by atoms with Crippen molar-refractivity contribution in [2.75, 3.05) is 24.4 Å². The van der Waals surface area contributed by atoms with E-state index in [1.807, 2.05) is 13.8 Å². The molecule has 0 unspecified atom stereocenters. The summed E-state index contributed by atoms with van der Waals surface area (Å²) in [4.78, 5) is 13.0. The van der Waals surface area contributed by atoms with E-state index >= 15 is 0 Å². The van der Waals surface area contributed by atoms with Crippen LogP contribution in [0.2, 0.25) is 5.02 Å². The molecule has 0 saturated heterocycles. The van der Waals surface area contributed by atoms with Gasteiger partial charge in [0.2, 0.25) is 0 Å². The highest BCUT2D eigenvalue weighted by Gasteiger charge is 2.18. The van der Waals surface area contributed by atoms with Gasteiger partial charge in [-0.15, -0.1) is 0 Å². The molecule has 0 radical (unpaired) electrons. The van der Waals surface area contributed by atoms with Gasteiger partial charge in [0.25, 0.3) is 15.9 Å². The normalized spacial score (nSPS) is 11.2. The van der Waals surface area contributed by atoms with Gasteiger partial charge in [-0.1, -0.05) is 11.6 Å². The van der Waals surface area contributed by atoms with Crippen molar-refractivity contribution < 1.29 is 26.7 Å². The molecule has 0 atom stereocenters. The molecular formula is C18H19ClF2N2O4S. The van der Waals surface area contributed by atoms with Crippen molar-refractivity contribution in [3.63, 3.8) is 0 Å². The van der Waals surface area contributed by atoms with Gasteiger partial charge in [-0.3, -0.25) is 9.52 Å². The fourth-order valence-corrected chi connectivity index (χ4v) is 3.71. The second-order valence-electron chi connectivity index (χ2n) is 5.71. The number of hydrogen-bond donors (Lipinski definition) is 1. The van der Waals surface area contributed by atoms with Gasteiger partial charge < -0.3 is 9.64 Å². The third kappa shape index (κ3) is 5.56. The van der Waals surface area contributed by atoms with Crippen LogP contribution in [0.1, 0.15) is 13.8 Å². The Morgan fingerprint density at radius 1 is 1.11 bits per heavy atom. The van der Waals surface area contributed by atoms with E-state index in [1.165, 1.54) is 18.2 Å². The number of carbonyl (C=O) groups excluding carboxylic acids is 1. The summed E-state index contributed by atoms with van der Waals surface area (Å²) >= 11 is 6.08. The molecule has 0 fully saturated rings. The zero-order valence-electron chi connectivity index (χ0n) is 15.2. The zero-order valence-corrected chi connectivity index (χ0v) is 16.8. The van der Waals surface area contributed by atoms with Crippen molar-refractivity contribution in [2.24, 2.45) is 0 Å². The van der Waals surface area contributed by atoms with Gasteiger partial charge in [-0.25, -0.2) is 17.2 Å². The van der Waals surface area contributed by atoms with Crippen molar-refractivity contribution in [1.82, 2.24) is 4.90 Å². The van der Waals surface area contributed by atoms with Crippen LogP contribution in [-0.4, -0.2) is 38.9 Å². The van der Waals surface area contributed by atoms with Gasteiger partial charge in [0.1, 0.15) is 17.4 Å². The number of benzene rings is 2. The maximum absolute atomic E-state index is 13.3. The van der Waals surface area contributed by atoms with Crippen LogP contribution < -0.4 is 9.46 Å². The fraction of sp³-hybridized carbons (Fsp3) is 0.278. The Morgan fingerprint density at radius 2 is 1.71 bits per heavy atom. The Morgan fingerprint density at radius 3 is 2.25 bits per heavy atom. The van der Waals surface area contributed by atoms with Crippen molar-refractivity contribution in [3.8, 4) is 5.75 Å². The van der Waals surface area contributed by atoms with E-state index in [0.717, 1.165) is 0 Å². The number of halogens is 3. The Hall–Kier alpha value is -2.39. The Labute approximate surface area is 167 Å². The third-order valence-corrected chi connectivity index (χ3v) is 5.45. The Balaban J connectivity index is 2.12. The summed E-state index contributed by atoms with van der Waals surface area (Å²) in [5, 5.41) is 0.0676. The predicted molar refractivity (Wildman–Crippen MR) is 102 cm³/mol. The third-order valence-electron chi connectivity index (χ3n) is 3.80. The number of ether oxygens (including phenoxy) is 1. The monoisotopic (exact) mass is 432 g/mol. The molecule has 0 heterocycles. The maximum Gasteiger partial charge on any atom is 0.262 e. The molecule has 0 spiro atoms. The molecule has 152 valence electrons. The van der Waals surface area contributed by atoms with Gasteiger partial charge in [-0.2, -0.15) is 0 Å². The lowest BCUT2D eigenvalue weighted by Gasteiger charge is -2.19. The number of anilines is 1. The largest absolute Gasteiger partial charge is 0.482 e. The minimum atomic E-state index is -4.22. The first-order chi connectivity index (χ1) is 13.2. The predicted octanol–water partition coefficient (Wildman–Crippen LogP) is 3.67. The standard InChI is InChI=1S/C18H19ClF2N2O4S/c1-3-23(4-2)18(24)11-27-17-6-5-14(10-16(17)19)22-28(25,26)15-8-12(20)7-13(21)9-15/h5-10,22H,3-4,11H2,1-2H3. The van der Waals surface area contributed by atoms with Crippen LogP contribution in [0.25, 0.3) is 0 Å². The first-order valence-corrected chi connectivity index (χ1v) is 10.2. The summed E-state index contributed by atoms with van der Waals surface area (Å²) in [6.45, 7) is 4.58. The number of nitrogens with one attached hydrogen (secondary N) is 1. The number of rotatable bonds is 8. The van der Waals surface area contributed by atoms with Crippen molar-refractivity contribution in [2.45, 2.75) is 18.7 Å². The Bertz CT molecular complexity index is 946. The molecule has 0 aliphatic rings. The van der Waals surface area contributed by atoms with E-state index in [1.54, 1.807) is 4.90 Å². The number of sulfonamides is 1. The van der Waals surface area contributed by atoms with E-state index in [0.29, 0.717) is 31.3 Å². The first-order valence-electron chi connectivity index (χ1n) is 8.35. The topological polar surface area (TPSA) is 75.7 Å². The number of nitrogens with zero attached hydrogens (tertiary/aromatic N) is 1. The molecule has 2 aromatic carbocycles. The molecule has 1 amide bonds. The SMILES string of the molecule is CCN(CC)C(=O)COc1ccc(NS(=O)(=O)c2cc(F)cc(F)c2)cc1Cl. The Kier molecular flexibility index (Phi) is 7.20. The minimum Gasteiger partial charge on any atom is -0.482 e. The summed E-state index contributed by atoms with van der Waals surface area (Å²) in [6, 6.07) is 5.98. The molecule has 10 heteroatoms. The minimum absolute atomic E-state index is 0.0667. The molecule has 0 saturated carbocycles. The van der Waals surface area contributed by atoms with Crippen LogP contribution in [0, 0.1) is 11.6 Å². The van der Waals surface area contributed by atoms with E-state index in [-0.39, 0.29) is 29.0 Å². The number of hydrogen-bond acceptors (Lipinski definition) is 4. The summed E-state index contributed by atoms with van der Waals surface area (Å²) in [6.07, 6.45) is 0. The summed E-state index contributed by atoms with van der Waals surface area (Å²) < 4.78 is 58.7. The van der Waals surface area contributed by atoms with Crippen LogP contribution in [0.15, 0.2) is 41.3 Å². The average Bonchev–Trinajstić information content (AvgIpc) is 2.61. The van der Waals surface area contributed by atoms with Gasteiger partial charge in [0, 0.05) is 19.2 Å². The molecular weight excluding hydrogens is 414 g/mol. The summed E-state index contributed by atoms with van der Waals surface area (Å²) in [5.41, 5.74) is 0.0667. The van der Waals surface area contributed by atoms with Crippen LogP contribution in [0.4, 0.5) is 14.5 Å². The zero-order chi connectivity index (χ0) is 20.9. The molecule has 2 rings (SSSR count). The maximum atomic E-state index is 13.3. The quantitative estimate of drug-likeness (QED) is 0.690. The second-order valence-corrected chi connectivity index (χ2v) is 7.80. The highest BCUT2D eigenvalue weighted by Crippen LogP contribution is 2.29. The van der Waals surface area contributed by atoms with Crippen molar-refractivity contribution >= 4 is 33.2 Å². The van der Waals surface area contributed by atoms with E-state index in [2.05, 4.69) is 4.72 Å². The number of likely N-dealkylation sites (N-methyl/N-ethyl adjacent to an activating group) is 1. The molecule has 2 aromatic rings. The molecule has 1 N–H and O–H groups in total. The first kappa shape index (κ1) is 21.9. The number of carbonyl (C=O) groups is 1. The number of amides is 1. The molecule has 28 heavy (non-hydrogen) atoms. The highest BCUT2D eigenvalue weighted by atomic mass is 35.5. The molecule has 6 nitrogen and oxygen atoms in total. The lowest BCUT2D eigenvalue weighted by Crippen LogP contribution is -2.34. The average molecular weight is 433 g/mol. The van der Waals surface area contributed by atoms with E-state index in [4.69, 9.17) is 16.3 Å². The van der Waals surface area contributed by atoms with Crippen molar-refractivity contribution in [3.05, 3.63) is 53.1 Å². The smallest absolute Gasteiger partial charge is 0.262 e. The van der Waals surface area contributed by atoms with E-state index < -0.39 is 26.6 Å². The second kappa shape index (κ2) is 9.20. The van der Waals surface area contributed by atoms with Gasteiger partial charge in [0.05, 0.1) is 15.6 Å². The summed E-state index contributed by atoms with van der Waals surface area (Å²) in [7, 11) is -4.22. The van der Waals surface area contributed by atoms with Gasteiger partial charge in [0.15, 0.2) is 6.61 Å². The van der Waals surface area contributed by atoms with Crippen molar-refractivity contribution in [1.29, 1.82) is 0 Å². The van der Waals surface area contributed by atoms with Crippen LogP contribution in [0.5, 0.6) is 5.75 Å². The van der Waals surface area contributed by atoms with E-state index in [9.17, 15) is 22.0 Å². The van der Waals surface area contributed by atoms with Crippen LogP contribution in [0.3, 0.4) is 0 Å². The molecule has 0 aromatic heterocycles. The van der Waals surface area contributed by atoms with Crippen LogP contribution >= 0.6 is 11.6 Å².